The normalized spacial score (nSPS) is 11.7. The lowest BCUT2D eigenvalue weighted by molar-refractivity contribution is -0.124. The number of hydrogen-bond donors (Lipinski definition) is 1. The van der Waals surface area contributed by atoms with Crippen molar-refractivity contribution < 1.29 is 14.3 Å². The number of carbonyl (C=O) groups is 1. The van der Waals surface area contributed by atoms with Crippen LogP contribution in [0.25, 0.3) is 0 Å². The molecule has 5 nitrogen and oxygen atoms in total. The predicted octanol–water partition coefficient (Wildman–Crippen LogP) is 4.06. The highest BCUT2D eigenvalue weighted by atomic mass is 16.5. The zero-order valence-electron chi connectivity index (χ0n) is 17.5. The molecule has 156 valence electrons. The summed E-state index contributed by atoms with van der Waals surface area (Å²) < 4.78 is 11.4. The number of benzene rings is 3. The van der Waals surface area contributed by atoms with Gasteiger partial charge in [0.1, 0.15) is 18.1 Å². The molecule has 0 bridgehead atoms. The van der Waals surface area contributed by atoms with Crippen LogP contribution in [0.1, 0.15) is 17.2 Å². The Morgan fingerprint density at radius 2 is 1.40 bits per heavy atom. The van der Waals surface area contributed by atoms with Gasteiger partial charge in [0.2, 0.25) is 0 Å². The van der Waals surface area contributed by atoms with Crippen LogP contribution < -0.4 is 14.8 Å². The molecule has 0 unspecified atom stereocenters. The molecule has 0 spiro atoms. The predicted molar refractivity (Wildman–Crippen MR) is 119 cm³/mol. The van der Waals surface area contributed by atoms with Gasteiger partial charge in [-0.2, -0.15) is 0 Å². The second kappa shape index (κ2) is 11.0. The lowest BCUT2D eigenvalue weighted by Crippen LogP contribution is -2.37. The topological polar surface area (TPSA) is 50.8 Å². The summed E-state index contributed by atoms with van der Waals surface area (Å²) in [7, 11) is 3.97. The highest BCUT2D eigenvalue weighted by Gasteiger charge is 2.15. The van der Waals surface area contributed by atoms with Crippen LogP contribution in [0.3, 0.4) is 0 Å². The second-order valence-corrected chi connectivity index (χ2v) is 7.33. The number of rotatable bonds is 10. The van der Waals surface area contributed by atoms with Gasteiger partial charge in [0.25, 0.3) is 5.91 Å². The van der Waals surface area contributed by atoms with Gasteiger partial charge in [-0.15, -0.1) is 0 Å². The van der Waals surface area contributed by atoms with Crippen molar-refractivity contribution in [2.45, 2.75) is 12.6 Å². The van der Waals surface area contributed by atoms with Crippen LogP contribution in [-0.2, 0) is 11.4 Å². The average Bonchev–Trinajstić information content (AvgIpc) is 2.77. The fourth-order valence-corrected chi connectivity index (χ4v) is 3.04. The van der Waals surface area contributed by atoms with Gasteiger partial charge >= 0.3 is 0 Å². The van der Waals surface area contributed by atoms with E-state index in [-0.39, 0.29) is 18.6 Å². The summed E-state index contributed by atoms with van der Waals surface area (Å²) in [6, 6.07) is 27.2. The Morgan fingerprint density at radius 1 is 0.833 bits per heavy atom. The molecular formula is C25H28N2O3. The lowest BCUT2D eigenvalue weighted by Gasteiger charge is -2.23. The minimum absolute atomic E-state index is 0.0407. The summed E-state index contributed by atoms with van der Waals surface area (Å²) in [5.74, 6) is 1.22. The van der Waals surface area contributed by atoms with Crippen molar-refractivity contribution >= 4 is 5.91 Å². The van der Waals surface area contributed by atoms with Crippen LogP contribution in [0.5, 0.6) is 11.5 Å². The number of ether oxygens (including phenoxy) is 2. The maximum atomic E-state index is 12.4. The van der Waals surface area contributed by atoms with Crippen molar-refractivity contribution in [2.24, 2.45) is 0 Å². The van der Waals surface area contributed by atoms with Crippen LogP contribution >= 0.6 is 0 Å². The van der Waals surface area contributed by atoms with Gasteiger partial charge in [-0.1, -0.05) is 60.7 Å². The van der Waals surface area contributed by atoms with Crippen molar-refractivity contribution in [3.63, 3.8) is 0 Å². The van der Waals surface area contributed by atoms with Crippen LogP contribution in [0.2, 0.25) is 0 Å². The number of nitrogens with one attached hydrogen (secondary N) is 1. The van der Waals surface area contributed by atoms with Gasteiger partial charge in [0.05, 0.1) is 6.04 Å². The first kappa shape index (κ1) is 21.4. The summed E-state index contributed by atoms with van der Waals surface area (Å²) in [5.41, 5.74) is 2.18. The minimum Gasteiger partial charge on any atom is -0.489 e. The SMILES string of the molecule is CN(C)C[C@H](NC(=O)COc1ccc(OCc2ccccc2)cc1)c1ccccc1. The first-order valence-electron chi connectivity index (χ1n) is 9.99. The van der Waals surface area contributed by atoms with Crippen LogP contribution in [-0.4, -0.2) is 38.1 Å². The van der Waals surface area contributed by atoms with Crippen LogP contribution in [0.15, 0.2) is 84.9 Å². The molecule has 0 saturated carbocycles. The fourth-order valence-electron chi connectivity index (χ4n) is 3.04. The summed E-state index contributed by atoms with van der Waals surface area (Å²) in [4.78, 5) is 14.5. The highest BCUT2D eigenvalue weighted by Crippen LogP contribution is 2.19. The van der Waals surface area contributed by atoms with Crippen LogP contribution in [0.4, 0.5) is 0 Å². The van der Waals surface area contributed by atoms with Crippen molar-refractivity contribution in [1.29, 1.82) is 0 Å². The van der Waals surface area contributed by atoms with Gasteiger partial charge in [0.15, 0.2) is 6.61 Å². The quantitative estimate of drug-likeness (QED) is 0.554. The maximum Gasteiger partial charge on any atom is 0.258 e. The van der Waals surface area contributed by atoms with Gasteiger partial charge in [-0.25, -0.2) is 0 Å². The van der Waals surface area contributed by atoms with E-state index in [0.29, 0.717) is 18.9 Å². The third-order valence-electron chi connectivity index (χ3n) is 4.53. The molecule has 3 aromatic carbocycles. The highest BCUT2D eigenvalue weighted by molar-refractivity contribution is 5.78. The molecule has 0 saturated heterocycles. The van der Waals surface area contributed by atoms with E-state index >= 15 is 0 Å². The summed E-state index contributed by atoms with van der Waals surface area (Å²) in [6.45, 7) is 1.18. The molecule has 0 aliphatic heterocycles. The molecule has 0 aliphatic rings. The summed E-state index contributed by atoms with van der Waals surface area (Å²) >= 11 is 0. The third-order valence-corrected chi connectivity index (χ3v) is 4.53. The number of likely N-dealkylation sites (N-methyl/N-ethyl adjacent to an activating group) is 1. The molecule has 0 aromatic heterocycles. The van der Waals surface area contributed by atoms with Crippen molar-refractivity contribution in [3.05, 3.63) is 96.1 Å². The first-order valence-corrected chi connectivity index (χ1v) is 9.99. The zero-order chi connectivity index (χ0) is 21.2. The van der Waals surface area contributed by atoms with E-state index in [0.717, 1.165) is 16.9 Å². The van der Waals surface area contributed by atoms with E-state index in [1.807, 2.05) is 104 Å². The number of nitrogens with zero attached hydrogens (tertiary/aromatic N) is 1. The van der Waals surface area contributed by atoms with E-state index in [1.165, 1.54) is 0 Å². The Labute approximate surface area is 178 Å². The smallest absolute Gasteiger partial charge is 0.258 e. The molecule has 0 heterocycles. The molecule has 3 rings (SSSR count). The molecule has 5 heteroatoms. The fraction of sp³-hybridized carbons (Fsp3) is 0.240. The van der Waals surface area contributed by atoms with E-state index in [9.17, 15) is 4.79 Å². The van der Waals surface area contributed by atoms with E-state index in [1.54, 1.807) is 0 Å². The number of carbonyl (C=O) groups excluding carboxylic acids is 1. The molecule has 3 aromatic rings. The van der Waals surface area contributed by atoms with Gasteiger partial charge < -0.3 is 19.7 Å². The monoisotopic (exact) mass is 404 g/mol. The maximum absolute atomic E-state index is 12.4. The van der Waals surface area contributed by atoms with E-state index in [2.05, 4.69) is 5.32 Å². The van der Waals surface area contributed by atoms with E-state index < -0.39 is 0 Å². The molecule has 0 aliphatic carbocycles. The molecule has 1 atom stereocenters. The number of amides is 1. The lowest BCUT2D eigenvalue weighted by atomic mass is 10.1. The largest absolute Gasteiger partial charge is 0.489 e. The average molecular weight is 405 g/mol. The van der Waals surface area contributed by atoms with Gasteiger partial charge in [-0.05, 0) is 49.5 Å². The summed E-state index contributed by atoms with van der Waals surface area (Å²) in [5, 5.41) is 3.05. The molecule has 30 heavy (non-hydrogen) atoms. The zero-order valence-corrected chi connectivity index (χ0v) is 17.5. The van der Waals surface area contributed by atoms with Gasteiger partial charge in [-0.3, -0.25) is 4.79 Å². The molecule has 0 fully saturated rings. The third kappa shape index (κ3) is 6.94. The van der Waals surface area contributed by atoms with Crippen molar-refractivity contribution in [1.82, 2.24) is 10.2 Å². The number of hydrogen-bond acceptors (Lipinski definition) is 4. The molecule has 1 N–H and O–H groups in total. The molecule has 1 amide bonds. The Balaban J connectivity index is 1.48. The Hall–Kier alpha value is -3.31. The Bertz CT molecular complexity index is 897. The van der Waals surface area contributed by atoms with Gasteiger partial charge in [0, 0.05) is 6.54 Å². The van der Waals surface area contributed by atoms with Crippen LogP contribution in [0, 0.1) is 0 Å². The minimum atomic E-state index is -0.157. The van der Waals surface area contributed by atoms with Crippen molar-refractivity contribution in [3.8, 4) is 11.5 Å². The second-order valence-electron chi connectivity index (χ2n) is 7.33. The van der Waals surface area contributed by atoms with E-state index in [4.69, 9.17) is 9.47 Å². The standard InChI is InChI=1S/C25H28N2O3/c1-27(2)17-24(21-11-7-4-8-12-21)26-25(28)19-30-23-15-13-22(14-16-23)29-18-20-9-5-3-6-10-20/h3-16,24H,17-19H2,1-2H3,(H,26,28)/t24-/m0/s1. The Kier molecular flexibility index (Phi) is 7.86. The Morgan fingerprint density at radius 3 is 2.00 bits per heavy atom. The first-order chi connectivity index (χ1) is 14.6. The van der Waals surface area contributed by atoms with Crippen molar-refractivity contribution in [2.75, 3.05) is 27.2 Å². The molecular weight excluding hydrogens is 376 g/mol. The molecule has 0 radical (unpaired) electrons. The summed E-state index contributed by atoms with van der Waals surface area (Å²) in [6.07, 6.45) is 0.